The number of hydrogen-bond acceptors (Lipinski definition) is 3. The molecule has 0 amide bonds. The van der Waals surface area contributed by atoms with Crippen molar-refractivity contribution in [1.82, 2.24) is 0 Å². The third kappa shape index (κ3) is 5.18. The molecule has 0 spiro atoms. The van der Waals surface area contributed by atoms with Crippen molar-refractivity contribution < 1.29 is 14.0 Å². The number of benzene rings is 3. The van der Waals surface area contributed by atoms with Crippen LogP contribution in [0.5, 0.6) is 0 Å². The van der Waals surface area contributed by atoms with E-state index in [1.807, 2.05) is 42.5 Å². The predicted octanol–water partition coefficient (Wildman–Crippen LogP) is 6.59. The summed E-state index contributed by atoms with van der Waals surface area (Å²) in [5, 5.41) is 0. The standard InChI is InChI=1S/C23H18BrFO2S/c1-23(24,15-21(26)16-7-11-18(25)12-8-16)22(27)17-9-13-20(14-10-17)28-19-5-3-2-4-6-19/h2-14H,15H2,1H3. The van der Waals surface area contributed by atoms with E-state index in [9.17, 15) is 14.0 Å². The van der Waals surface area contributed by atoms with Gasteiger partial charge in [0.25, 0.3) is 0 Å². The molecule has 0 aromatic heterocycles. The lowest BCUT2D eigenvalue weighted by molar-refractivity contribution is 0.0888. The molecule has 3 aromatic rings. The van der Waals surface area contributed by atoms with Crippen molar-refractivity contribution in [2.75, 3.05) is 0 Å². The van der Waals surface area contributed by atoms with Crippen LogP contribution in [0.3, 0.4) is 0 Å². The van der Waals surface area contributed by atoms with Gasteiger partial charge in [0, 0.05) is 27.3 Å². The number of hydrogen-bond donors (Lipinski definition) is 0. The number of carbonyl (C=O) groups excluding carboxylic acids is 2. The van der Waals surface area contributed by atoms with Crippen LogP contribution in [0.25, 0.3) is 0 Å². The molecule has 5 heteroatoms. The molecule has 28 heavy (non-hydrogen) atoms. The topological polar surface area (TPSA) is 34.1 Å². The third-order valence-electron chi connectivity index (χ3n) is 4.23. The van der Waals surface area contributed by atoms with Gasteiger partial charge in [0.15, 0.2) is 11.6 Å². The molecular formula is C23H18BrFO2S. The van der Waals surface area contributed by atoms with Crippen LogP contribution in [-0.2, 0) is 0 Å². The van der Waals surface area contributed by atoms with Crippen LogP contribution in [-0.4, -0.2) is 15.9 Å². The Hall–Kier alpha value is -2.24. The maximum Gasteiger partial charge on any atom is 0.179 e. The molecule has 0 aliphatic heterocycles. The number of ketones is 2. The quantitative estimate of drug-likeness (QED) is 0.297. The fourth-order valence-electron chi connectivity index (χ4n) is 2.72. The Morgan fingerprint density at radius 3 is 2.00 bits per heavy atom. The Bertz CT molecular complexity index is 968. The summed E-state index contributed by atoms with van der Waals surface area (Å²) in [5.41, 5.74) is 0.915. The highest BCUT2D eigenvalue weighted by atomic mass is 79.9. The van der Waals surface area contributed by atoms with Crippen molar-refractivity contribution in [3.05, 3.63) is 95.8 Å². The van der Waals surface area contributed by atoms with E-state index in [0.717, 1.165) is 9.79 Å². The highest BCUT2D eigenvalue weighted by Crippen LogP contribution is 2.31. The Morgan fingerprint density at radius 2 is 1.39 bits per heavy atom. The van der Waals surface area contributed by atoms with Crippen molar-refractivity contribution in [1.29, 1.82) is 0 Å². The summed E-state index contributed by atoms with van der Waals surface area (Å²) in [7, 11) is 0. The molecule has 0 fully saturated rings. The molecule has 0 heterocycles. The first-order valence-electron chi connectivity index (χ1n) is 8.70. The van der Waals surface area contributed by atoms with E-state index in [1.165, 1.54) is 24.3 Å². The van der Waals surface area contributed by atoms with Crippen molar-refractivity contribution in [3.8, 4) is 0 Å². The smallest absolute Gasteiger partial charge is 0.179 e. The van der Waals surface area contributed by atoms with Crippen LogP contribution < -0.4 is 0 Å². The van der Waals surface area contributed by atoms with E-state index in [1.54, 1.807) is 30.8 Å². The highest BCUT2D eigenvalue weighted by molar-refractivity contribution is 9.10. The first kappa shape index (κ1) is 20.5. The lowest BCUT2D eigenvalue weighted by Gasteiger charge is -2.20. The number of rotatable bonds is 7. The van der Waals surface area contributed by atoms with Gasteiger partial charge in [-0.15, -0.1) is 0 Å². The second-order valence-electron chi connectivity index (χ2n) is 6.57. The second-order valence-corrected chi connectivity index (χ2v) is 9.47. The van der Waals surface area contributed by atoms with Gasteiger partial charge in [-0.05, 0) is 55.5 Å². The average Bonchev–Trinajstić information content (AvgIpc) is 2.69. The van der Waals surface area contributed by atoms with E-state index in [4.69, 9.17) is 0 Å². The summed E-state index contributed by atoms with van der Waals surface area (Å²) in [6.07, 6.45) is -0.0159. The Kier molecular flexibility index (Phi) is 6.47. The molecule has 3 rings (SSSR count). The summed E-state index contributed by atoms with van der Waals surface area (Å²) < 4.78 is 12.0. The lowest BCUT2D eigenvalue weighted by atomic mass is 9.92. The minimum atomic E-state index is -1.04. The number of carbonyl (C=O) groups is 2. The van der Waals surface area contributed by atoms with Gasteiger partial charge in [-0.25, -0.2) is 4.39 Å². The van der Waals surface area contributed by atoms with E-state index >= 15 is 0 Å². The van der Waals surface area contributed by atoms with Crippen LogP contribution in [0, 0.1) is 5.82 Å². The first-order chi connectivity index (χ1) is 13.3. The van der Waals surface area contributed by atoms with E-state index < -0.39 is 10.1 Å². The molecule has 3 aromatic carbocycles. The zero-order chi connectivity index (χ0) is 20.1. The van der Waals surface area contributed by atoms with E-state index in [0.29, 0.717) is 11.1 Å². The SMILES string of the molecule is CC(Br)(CC(=O)c1ccc(F)cc1)C(=O)c1ccc(Sc2ccccc2)cc1. The van der Waals surface area contributed by atoms with Crippen molar-refractivity contribution in [2.45, 2.75) is 27.5 Å². The summed E-state index contributed by atoms with van der Waals surface area (Å²) in [4.78, 5) is 27.5. The molecule has 0 aliphatic rings. The van der Waals surface area contributed by atoms with Gasteiger partial charge in [-0.3, -0.25) is 9.59 Å². The van der Waals surface area contributed by atoms with E-state index in [2.05, 4.69) is 15.9 Å². The van der Waals surface area contributed by atoms with Gasteiger partial charge in [-0.2, -0.15) is 0 Å². The molecule has 0 aliphatic carbocycles. The fraction of sp³-hybridized carbons (Fsp3) is 0.130. The first-order valence-corrected chi connectivity index (χ1v) is 10.3. The van der Waals surface area contributed by atoms with Gasteiger partial charge in [-0.1, -0.05) is 58.0 Å². The van der Waals surface area contributed by atoms with Gasteiger partial charge in [0.1, 0.15) is 5.82 Å². The summed E-state index contributed by atoms with van der Waals surface area (Å²) in [6.45, 7) is 1.68. The average molecular weight is 457 g/mol. The van der Waals surface area contributed by atoms with Crippen LogP contribution in [0.4, 0.5) is 4.39 Å². The van der Waals surface area contributed by atoms with Crippen molar-refractivity contribution >= 4 is 39.3 Å². The van der Waals surface area contributed by atoms with Gasteiger partial charge >= 0.3 is 0 Å². The predicted molar refractivity (Wildman–Crippen MR) is 114 cm³/mol. The zero-order valence-electron chi connectivity index (χ0n) is 15.2. The van der Waals surface area contributed by atoms with Crippen molar-refractivity contribution in [3.63, 3.8) is 0 Å². The maximum absolute atomic E-state index is 13.0. The summed E-state index contributed by atoms with van der Waals surface area (Å²) in [5.74, 6) is -0.786. The molecule has 0 radical (unpaired) electrons. The molecule has 0 N–H and O–H groups in total. The molecule has 0 bridgehead atoms. The Labute approximate surface area is 176 Å². The number of Topliss-reactive ketones (excluding diaryl/α,β-unsaturated/α-hetero) is 2. The third-order valence-corrected chi connectivity index (χ3v) is 5.88. The fourth-order valence-corrected chi connectivity index (χ4v) is 4.04. The monoisotopic (exact) mass is 456 g/mol. The van der Waals surface area contributed by atoms with Crippen LogP contribution >= 0.6 is 27.7 Å². The number of alkyl halides is 1. The Balaban J connectivity index is 1.69. The molecule has 1 atom stereocenters. The molecule has 1 unspecified atom stereocenters. The Morgan fingerprint density at radius 1 is 0.857 bits per heavy atom. The van der Waals surface area contributed by atoms with Crippen LogP contribution in [0.1, 0.15) is 34.1 Å². The molecule has 142 valence electrons. The van der Waals surface area contributed by atoms with Crippen LogP contribution in [0.15, 0.2) is 88.7 Å². The second kappa shape index (κ2) is 8.84. The number of halogens is 2. The minimum absolute atomic E-state index is 0.0159. The maximum atomic E-state index is 13.0. The summed E-state index contributed by atoms with van der Waals surface area (Å²) in [6, 6.07) is 22.7. The molecule has 0 saturated carbocycles. The largest absolute Gasteiger partial charge is 0.294 e. The van der Waals surface area contributed by atoms with Gasteiger partial charge < -0.3 is 0 Å². The van der Waals surface area contributed by atoms with Gasteiger partial charge in [0.05, 0.1) is 4.32 Å². The van der Waals surface area contributed by atoms with Gasteiger partial charge in [0.2, 0.25) is 0 Å². The van der Waals surface area contributed by atoms with Crippen LogP contribution in [0.2, 0.25) is 0 Å². The molecular weight excluding hydrogens is 439 g/mol. The highest BCUT2D eigenvalue weighted by Gasteiger charge is 2.33. The molecule has 0 saturated heterocycles. The minimum Gasteiger partial charge on any atom is -0.294 e. The van der Waals surface area contributed by atoms with E-state index in [-0.39, 0.29) is 18.0 Å². The summed E-state index contributed by atoms with van der Waals surface area (Å²) >= 11 is 5.04. The molecule has 2 nitrogen and oxygen atoms in total. The van der Waals surface area contributed by atoms with Crippen molar-refractivity contribution in [2.24, 2.45) is 0 Å². The normalized spacial score (nSPS) is 13.0. The lowest BCUT2D eigenvalue weighted by Crippen LogP contribution is -2.31. The zero-order valence-corrected chi connectivity index (χ0v) is 17.6.